The minimum atomic E-state index is -0.0658. The summed E-state index contributed by atoms with van der Waals surface area (Å²) in [6.45, 7) is 0. The molecule has 0 radical (unpaired) electrons. The quantitative estimate of drug-likeness (QED) is 0.894. The minimum absolute atomic E-state index is 0.0658. The molecule has 18 heavy (non-hydrogen) atoms. The highest BCUT2D eigenvalue weighted by Crippen LogP contribution is 2.23. The van der Waals surface area contributed by atoms with Crippen LogP contribution < -0.4 is 10.2 Å². The van der Waals surface area contributed by atoms with Crippen molar-refractivity contribution in [2.45, 2.75) is 0 Å². The highest BCUT2D eigenvalue weighted by molar-refractivity contribution is 5.94. The van der Waals surface area contributed by atoms with Crippen molar-refractivity contribution in [1.82, 2.24) is 5.32 Å². The van der Waals surface area contributed by atoms with Gasteiger partial charge in [-0.3, -0.25) is 4.79 Å². The van der Waals surface area contributed by atoms with Gasteiger partial charge in [0.25, 0.3) is 5.91 Å². The Morgan fingerprint density at radius 3 is 2.06 bits per heavy atom. The predicted molar refractivity (Wildman–Crippen MR) is 74.3 cm³/mol. The highest BCUT2D eigenvalue weighted by Gasteiger charge is 2.05. The second kappa shape index (κ2) is 5.36. The van der Waals surface area contributed by atoms with Gasteiger partial charge in [-0.15, -0.1) is 0 Å². The van der Waals surface area contributed by atoms with Crippen LogP contribution in [-0.2, 0) is 0 Å². The van der Waals surface area contributed by atoms with E-state index in [1.165, 1.54) is 0 Å². The molecular weight excluding hydrogens is 224 g/mol. The van der Waals surface area contributed by atoms with Crippen molar-refractivity contribution in [3.63, 3.8) is 0 Å². The molecule has 0 fully saturated rings. The first-order valence-corrected chi connectivity index (χ1v) is 5.83. The van der Waals surface area contributed by atoms with Crippen LogP contribution in [0.2, 0.25) is 0 Å². The maximum absolute atomic E-state index is 11.4. The summed E-state index contributed by atoms with van der Waals surface area (Å²) in [5.74, 6) is -0.0658. The molecule has 0 unspecified atom stereocenters. The van der Waals surface area contributed by atoms with Crippen LogP contribution in [-0.4, -0.2) is 20.0 Å². The molecule has 0 heterocycles. The van der Waals surface area contributed by atoms with Gasteiger partial charge in [0.05, 0.1) is 0 Å². The van der Waals surface area contributed by atoms with Crippen molar-refractivity contribution < 1.29 is 4.79 Å². The summed E-state index contributed by atoms with van der Waals surface area (Å²) in [5.41, 5.74) is 2.83. The molecule has 0 aliphatic carbocycles. The number of nitrogens with zero attached hydrogens (tertiary/aromatic N) is 1. The third-order valence-electron chi connectivity index (χ3n) is 2.89. The van der Waals surface area contributed by atoms with Gasteiger partial charge in [0.1, 0.15) is 0 Å². The van der Waals surface area contributed by atoms with E-state index in [-0.39, 0.29) is 5.91 Å². The van der Waals surface area contributed by atoms with Crippen LogP contribution in [0.25, 0.3) is 0 Å². The minimum Gasteiger partial charge on any atom is -0.355 e. The molecule has 2 aromatic carbocycles. The number of anilines is 2. The molecule has 0 bridgehead atoms. The third-order valence-corrected chi connectivity index (χ3v) is 2.89. The van der Waals surface area contributed by atoms with E-state index in [2.05, 4.69) is 10.2 Å². The van der Waals surface area contributed by atoms with Crippen LogP contribution in [0.4, 0.5) is 11.4 Å². The first kappa shape index (κ1) is 12.2. The van der Waals surface area contributed by atoms with Gasteiger partial charge in [-0.05, 0) is 36.4 Å². The summed E-state index contributed by atoms with van der Waals surface area (Å²) in [4.78, 5) is 13.5. The number of amides is 1. The Morgan fingerprint density at radius 2 is 1.50 bits per heavy atom. The zero-order valence-corrected chi connectivity index (χ0v) is 10.6. The summed E-state index contributed by atoms with van der Waals surface area (Å²) in [7, 11) is 3.64. The van der Waals surface area contributed by atoms with E-state index in [0.717, 1.165) is 11.4 Å². The maximum Gasteiger partial charge on any atom is 0.251 e. The Labute approximate surface area is 107 Å². The number of rotatable bonds is 3. The van der Waals surface area contributed by atoms with Crippen molar-refractivity contribution in [1.29, 1.82) is 0 Å². The van der Waals surface area contributed by atoms with Crippen LogP contribution in [0.1, 0.15) is 10.4 Å². The van der Waals surface area contributed by atoms with Crippen molar-refractivity contribution >= 4 is 17.3 Å². The van der Waals surface area contributed by atoms with Crippen molar-refractivity contribution in [3.05, 3.63) is 60.2 Å². The smallest absolute Gasteiger partial charge is 0.251 e. The Balaban J connectivity index is 2.22. The Bertz CT molecular complexity index is 520. The summed E-state index contributed by atoms with van der Waals surface area (Å²) >= 11 is 0. The fourth-order valence-corrected chi connectivity index (χ4v) is 1.78. The molecule has 0 aliphatic heterocycles. The average Bonchev–Trinajstić information content (AvgIpc) is 2.47. The first-order valence-electron chi connectivity index (χ1n) is 5.83. The molecular formula is C15H16N2O. The lowest BCUT2D eigenvalue weighted by atomic mass is 10.1. The predicted octanol–water partition coefficient (Wildman–Crippen LogP) is 2.81. The van der Waals surface area contributed by atoms with Crippen molar-refractivity contribution in [2.75, 3.05) is 19.0 Å². The number of hydrogen-bond donors (Lipinski definition) is 1. The molecule has 3 heteroatoms. The van der Waals surface area contributed by atoms with E-state index in [0.29, 0.717) is 5.56 Å². The standard InChI is InChI=1S/C15H16N2O/c1-16-15(18)12-8-10-14(11-9-12)17(2)13-6-4-3-5-7-13/h3-11H,1-2H3,(H,16,18). The van der Waals surface area contributed by atoms with Gasteiger partial charge < -0.3 is 10.2 Å². The van der Waals surface area contributed by atoms with E-state index in [1.807, 2.05) is 61.6 Å². The van der Waals surface area contributed by atoms with Crippen LogP contribution in [0, 0.1) is 0 Å². The van der Waals surface area contributed by atoms with Gasteiger partial charge in [0.15, 0.2) is 0 Å². The van der Waals surface area contributed by atoms with E-state index in [9.17, 15) is 4.79 Å². The number of hydrogen-bond acceptors (Lipinski definition) is 2. The number of carbonyl (C=O) groups is 1. The van der Waals surface area contributed by atoms with Crippen LogP contribution in [0.15, 0.2) is 54.6 Å². The van der Waals surface area contributed by atoms with Crippen LogP contribution in [0.5, 0.6) is 0 Å². The topological polar surface area (TPSA) is 32.3 Å². The fraction of sp³-hybridized carbons (Fsp3) is 0.133. The third kappa shape index (κ3) is 2.51. The van der Waals surface area contributed by atoms with Gasteiger partial charge in [-0.1, -0.05) is 18.2 Å². The second-order valence-corrected chi connectivity index (χ2v) is 4.02. The van der Waals surface area contributed by atoms with Gasteiger partial charge in [-0.25, -0.2) is 0 Å². The molecule has 0 atom stereocenters. The van der Waals surface area contributed by atoms with Gasteiger partial charge in [-0.2, -0.15) is 0 Å². The van der Waals surface area contributed by atoms with E-state index < -0.39 is 0 Å². The largest absolute Gasteiger partial charge is 0.355 e. The molecule has 2 aromatic rings. The Morgan fingerprint density at radius 1 is 0.944 bits per heavy atom. The number of para-hydroxylation sites is 1. The summed E-state index contributed by atoms with van der Waals surface area (Å²) < 4.78 is 0. The molecule has 0 saturated carbocycles. The van der Waals surface area contributed by atoms with Gasteiger partial charge in [0.2, 0.25) is 0 Å². The summed E-state index contributed by atoms with van der Waals surface area (Å²) in [6.07, 6.45) is 0. The first-order chi connectivity index (χ1) is 8.72. The molecule has 2 rings (SSSR count). The van der Waals surface area contributed by atoms with E-state index in [1.54, 1.807) is 7.05 Å². The zero-order chi connectivity index (χ0) is 13.0. The summed E-state index contributed by atoms with van der Waals surface area (Å²) in [6, 6.07) is 17.6. The summed E-state index contributed by atoms with van der Waals surface area (Å²) in [5, 5.41) is 2.61. The average molecular weight is 240 g/mol. The molecule has 0 aliphatic rings. The molecule has 3 nitrogen and oxygen atoms in total. The van der Waals surface area contributed by atoms with E-state index >= 15 is 0 Å². The highest BCUT2D eigenvalue weighted by atomic mass is 16.1. The molecule has 0 aromatic heterocycles. The zero-order valence-electron chi connectivity index (χ0n) is 10.6. The SMILES string of the molecule is CNC(=O)c1ccc(N(C)c2ccccc2)cc1. The van der Waals surface area contributed by atoms with Gasteiger partial charge in [0, 0.05) is 31.0 Å². The van der Waals surface area contributed by atoms with E-state index in [4.69, 9.17) is 0 Å². The molecule has 92 valence electrons. The second-order valence-electron chi connectivity index (χ2n) is 4.02. The monoisotopic (exact) mass is 240 g/mol. The lowest BCUT2D eigenvalue weighted by Gasteiger charge is -2.19. The van der Waals surface area contributed by atoms with Gasteiger partial charge >= 0.3 is 0 Å². The van der Waals surface area contributed by atoms with Crippen LogP contribution >= 0.6 is 0 Å². The molecule has 0 spiro atoms. The fourth-order valence-electron chi connectivity index (χ4n) is 1.78. The molecule has 1 amide bonds. The number of nitrogens with one attached hydrogen (secondary N) is 1. The van der Waals surface area contributed by atoms with Crippen molar-refractivity contribution in [3.8, 4) is 0 Å². The Hall–Kier alpha value is -2.29. The maximum atomic E-state index is 11.4. The lowest BCUT2D eigenvalue weighted by molar-refractivity contribution is 0.0963. The Kier molecular flexibility index (Phi) is 3.63. The normalized spacial score (nSPS) is 9.89. The number of carbonyl (C=O) groups excluding carboxylic acids is 1. The number of benzene rings is 2. The molecule has 0 saturated heterocycles. The lowest BCUT2D eigenvalue weighted by Crippen LogP contribution is -2.17. The van der Waals surface area contributed by atoms with Crippen molar-refractivity contribution in [2.24, 2.45) is 0 Å². The van der Waals surface area contributed by atoms with Crippen LogP contribution in [0.3, 0.4) is 0 Å². The molecule has 1 N–H and O–H groups in total.